The molecule has 5 heteroatoms. The number of benzene rings is 2. The van der Waals surface area contributed by atoms with E-state index in [0.29, 0.717) is 6.42 Å². The van der Waals surface area contributed by atoms with E-state index in [9.17, 15) is 4.79 Å². The fourth-order valence-electron chi connectivity index (χ4n) is 2.15. The van der Waals surface area contributed by atoms with E-state index < -0.39 is 0 Å². The van der Waals surface area contributed by atoms with Crippen molar-refractivity contribution in [1.82, 2.24) is 0 Å². The summed E-state index contributed by atoms with van der Waals surface area (Å²) in [6.45, 7) is 0. The van der Waals surface area contributed by atoms with Gasteiger partial charge in [-0.2, -0.15) is 0 Å². The van der Waals surface area contributed by atoms with Gasteiger partial charge in [-0.1, -0.05) is 0 Å². The molecule has 0 fully saturated rings. The van der Waals surface area contributed by atoms with Crippen LogP contribution in [0.4, 0.5) is 11.4 Å². The summed E-state index contributed by atoms with van der Waals surface area (Å²) in [7, 11) is 0. The molecule has 0 aromatic heterocycles. The Labute approximate surface area is 130 Å². The fourth-order valence-corrected chi connectivity index (χ4v) is 2.80. The van der Waals surface area contributed by atoms with Gasteiger partial charge in [0, 0.05) is 17.8 Å². The Morgan fingerprint density at radius 1 is 1.15 bits per heavy atom. The Balaban J connectivity index is 1.86. The van der Waals surface area contributed by atoms with Gasteiger partial charge in [0.1, 0.15) is 11.5 Å². The van der Waals surface area contributed by atoms with Crippen LogP contribution in [0.2, 0.25) is 0 Å². The van der Waals surface area contributed by atoms with E-state index in [1.165, 1.54) is 0 Å². The molecule has 0 saturated carbocycles. The molecule has 1 aliphatic rings. The monoisotopic (exact) mass is 380 g/mol. The summed E-state index contributed by atoms with van der Waals surface area (Å²) in [5.74, 6) is 1.61. The van der Waals surface area contributed by atoms with Crippen LogP contribution < -0.4 is 15.8 Å². The van der Waals surface area contributed by atoms with E-state index in [2.05, 4.69) is 27.9 Å². The number of carbonyl (C=O) groups is 1. The first-order valence-corrected chi connectivity index (χ1v) is 7.35. The van der Waals surface area contributed by atoms with E-state index in [1.807, 2.05) is 36.4 Å². The second-order valence-electron chi connectivity index (χ2n) is 4.66. The van der Waals surface area contributed by atoms with Crippen molar-refractivity contribution in [2.75, 3.05) is 11.1 Å². The molecule has 1 amide bonds. The largest absolute Gasteiger partial charge is 0.456 e. The van der Waals surface area contributed by atoms with Gasteiger partial charge in [-0.3, -0.25) is 4.79 Å². The number of rotatable bonds is 2. The van der Waals surface area contributed by atoms with Gasteiger partial charge in [0.05, 0.1) is 3.57 Å². The molecule has 1 heterocycles. The molecule has 0 saturated heterocycles. The van der Waals surface area contributed by atoms with Gasteiger partial charge in [-0.05, 0) is 71.0 Å². The molecule has 102 valence electrons. The molecule has 0 spiro atoms. The lowest BCUT2D eigenvalue weighted by Gasteiger charge is -2.18. The number of nitrogen functional groups attached to an aromatic ring is 1. The van der Waals surface area contributed by atoms with E-state index >= 15 is 0 Å². The van der Waals surface area contributed by atoms with Crippen molar-refractivity contribution in [2.45, 2.75) is 12.8 Å². The molecule has 20 heavy (non-hydrogen) atoms. The van der Waals surface area contributed by atoms with Crippen LogP contribution in [0.15, 0.2) is 36.4 Å². The minimum Gasteiger partial charge on any atom is -0.456 e. The quantitative estimate of drug-likeness (QED) is 0.619. The molecule has 3 rings (SSSR count). The Kier molecular flexibility index (Phi) is 3.52. The van der Waals surface area contributed by atoms with Crippen LogP contribution in [0.25, 0.3) is 0 Å². The molecule has 0 radical (unpaired) electrons. The Bertz CT molecular complexity index is 686. The molecule has 0 unspecified atom stereocenters. The molecule has 3 N–H and O–H groups in total. The summed E-state index contributed by atoms with van der Waals surface area (Å²) in [6, 6.07) is 11.3. The molecule has 0 atom stereocenters. The number of nitrogens with one attached hydrogen (secondary N) is 1. The zero-order chi connectivity index (χ0) is 14.1. The lowest BCUT2D eigenvalue weighted by Crippen LogP contribution is -2.18. The summed E-state index contributed by atoms with van der Waals surface area (Å²) < 4.78 is 6.85. The SMILES string of the molecule is Nc1ccc(Oc2ccc3c(c2)CCC(=O)N3)c(I)c1. The highest BCUT2D eigenvalue weighted by molar-refractivity contribution is 14.1. The lowest BCUT2D eigenvalue weighted by molar-refractivity contribution is -0.116. The van der Waals surface area contributed by atoms with E-state index in [4.69, 9.17) is 10.5 Å². The van der Waals surface area contributed by atoms with Crippen LogP contribution in [-0.4, -0.2) is 5.91 Å². The van der Waals surface area contributed by atoms with Crippen LogP contribution >= 0.6 is 22.6 Å². The zero-order valence-corrected chi connectivity index (χ0v) is 12.8. The Morgan fingerprint density at radius 3 is 2.80 bits per heavy atom. The van der Waals surface area contributed by atoms with Crippen molar-refractivity contribution in [3.8, 4) is 11.5 Å². The summed E-state index contributed by atoms with van der Waals surface area (Å²) >= 11 is 2.20. The molecule has 0 bridgehead atoms. The maximum Gasteiger partial charge on any atom is 0.224 e. The van der Waals surface area contributed by atoms with Crippen molar-refractivity contribution >= 4 is 39.9 Å². The molecular formula is C15H13IN2O2. The van der Waals surface area contributed by atoms with Crippen LogP contribution in [0.3, 0.4) is 0 Å². The van der Waals surface area contributed by atoms with Crippen LogP contribution in [0.1, 0.15) is 12.0 Å². The average molecular weight is 380 g/mol. The van der Waals surface area contributed by atoms with Gasteiger partial charge in [-0.15, -0.1) is 0 Å². The molecule has 0 aliphatic carbocycles. The molecule has 2 aromatic carbocycles. The third kappa shape index (κ3) is 2.72. The van der Waals surface area contributed by atoms with Crippen molar-refractivity contribution in [3.63, 3.8) is 0 Å². The van der Waals surface area contributed by atoms with Crippen molar-refractivity contribution < 1.29 is 9.53 Å². The summed E-state index contributed by atoms with van der Waals surface area (Å²) in [5, 5.41) is 2.86. The van der Waals surface area contributed by atoms with Crippen molar-refractivity contribution in [2.24, 2.45) is 0 Å². The highest BCUT2D eigenvalue weighted by Crippen LogP contribution is 2.32. The summed E-state index contributed by atoms with van der Waals surface area (Å²) in [6.07, 6.45) is 1.27. The number of anilines is 2. The van der Waals surface area contributed by atoms with Gasteiger partial charge in [-0.25, -0.2) is 0 Å². The van der Waals surface area contributed by atoms with Gasteiger partial charge in [0.2, 0.25) is 5.91 Å². The topological polar surface area (TPSA) is 64.3 Å². The number of hydrogen-bond donors (Lipinski definition) is 2. The third-order valence-corrected chi connectivity index (χ3v) is 4.00. The van der Waals surface area contributed by atoms with Gasteiger partial charge in [0.25, 0.3) is 0 Å². The van der Waals surface area contributed by atoms with Crippen molar-refractivity contribution in [1.29, 1.82) is 0 Å². The maximum absolute atomic E-state index is 11.3. The first kappa shape index (κ1) is 13.2. The number of carbonyl (C=O) groups excluding carboxylic acids is 1. The molecular weight excluding hydrogens is 367 g/mol. The number of nitrogens with two attached hydrogens (primary N) is 1. The van der Waals surface area contributed by atoms with E-state index in [0.717, 1.165) is 38.4 Å². The third-order valence-electron chi connectivity index (χ3n) is 3.16. The molecule has 2 aromatic rings. The number of aryl methyl sites for hydroxylation is 1. The molecule has 4 nitrogen and oxygen atoms in total. The smallest absolute Gasteiger partial charge is 0.224 e. The highest BCUT2D eigenvalue weighted by Gasteiger charge is 2.15. The van der Waals surface area contributed by atoms with Crippen LogP contribution in [0, 0.1) is 3.57 Å². The fraction of sp³-hybridized carbons (Fsp3) is 0.133. The number of fused-ring (bicyclic) bond motifs is 1. The standard InChI is InChI=1S/C15H13IN2O2/c16-12-8-10(17)2-5-14(12)20-11-3-4-13-9(7-11)1-6-15(19)18-13/h2-5,7-8H,1,6,17H2,(H,18,19). The second-order valence-corrected chi connectivity index (χ2v) is 5.82. The minimum absolute atomic E-state index is 0.0688. The van der Waals surface area contributed by atoms with Gasteiger partial charge >= 0.3 is 0 Å². The number of hydrogen-bond acceptors (Lipinski definition) is 3. The number of halogens is 1. The van der Waals surface area contributed by atoms with Gasteiger partial charge < -0.3 is 15.8 Å². The molecule has 1 aliphatic heterocycles. The Morgan fingerprint density at radius 2 is 2.00 bits per heavy atom. The second kappa shape index (κ2) is 5.32. The van der Waals surface area contributed by atoms with Crippen LogP contribution in [0.5, 0.6) is 11.5 Å². The number of amides is 1. The predicted octanol–water partition coefficient (Wildman–Crippen LogP) is 3.55. The van der Waals surface area contributed by atoms with Crippen LogP contribution in [-0.2, 0) is 11.2 Å². The van der Waals surface area contributed by atoms with Crippen molar-refractivity contribution in [3.05, 3.63) is 45.5 Å². The highest BCUT2D eigenvalue weighted by atomic mass is 127. The summed E-state index contributed by atoms with van der Waals surface area (Å²) in [5.41, 5.74) is 8.42. The summed E-state index contributed by atoms with van der Waals surface area (Å²) in [4.78, 5) is 11.3. The number of ether oxygens (including phenoxy) is 1. The first-order valence-electron chi connectivity index (χ1n) is 6.27. The average Bonchev–Trinajstić information content (AvgIpc) is 2.42. The normalized spacial score (nSPS) is 13.6. The predicted molar refractivity (Wildman–Crippen MR) is 87.0 cm³/mol. The van der Waals surface area contributed by atoms with Gasteiger partial charge in [0.15, 0.2) is 0 Å². The van der Waals surface area contributed by atoms with E-state index in [-0.39, 0.29) is 5.91 Å². The first-order chi connectivity index (χ1) is 9.61. The lowest BCUT2D eigenvalue weighted by atomic mass is 10.0. The zero-order valence-electron chi connectivity index (χ0n) is 10.7. The maximum atomic E-state index is 11.3. The van der Waals surface area contributed by atoms with E-state index in [1.54, 1.807) is 0 Å². The Hall–Kier alpha value is -1.76. The minimum atomic E-state index is 0.0688.